The van der Waals surface area contributed by atoms with Crippen LogP contribution < -0.4 is 0 Å². The molecule has 2 amide bonds. The topological polar surface area (TPSA) is 61.4 Å². The van der Waals surface area contributed by atoms with Crippen LogP contribution in [0, 0.1) is 0 Å². The highest BCUT2D eigenvalue weighted by molar-refractivity contribution is 5.77. The predicted octanol–water partition coefficient (Wildman–Crippen LogP) is 2.52. The van der Waals surface area contributed by atoms with Crippen LogP contribution in [0.2, 0.25) is 0 Å². The van der Waals surface area contributed by atoms with E-state index >= 15 is 0 Å². The van der Waals surface area contributed by atoms with Crippen LogP contribution in [0.3, 0.4) is 0 Å². The molecule has 0 atom stereocenters. The molecular weight excluding hydrogens is 382 g/mol. The fourth-order valence-corrected chi connectivity index (χ4v) is 3.04. The molecule has 0 bridgehead atoms. The molecular formula is C14H13F6N6O+. The van der Waals surface area contributed by atoms with Crippen LogP contribution in [0.25, 0.3) is 11.2 Å². The van der Waals surface area contributed by atoms with Crippen molar-refractivity contribution in [3.05, 3.63) is 18.3 Å². The van der Waals surface area contributed by atoms with Gasteiger partial charge in [0.05, 0.1) is 0 Å². The number of pyridine rings is 1. The molecule has 2 aliphatic rings. The van der Waals surface area contributed by atoms with Gasteiger partial charge in [0.2, 0.25) is 0 Å². The summed E-state index contributed by atoms with van der Waals surface area (Å²) in [5.74, 6) is -10.5. The zero-order valence-corrected chi connectivity index (χ0v) is 13.6. The van der Waals surface area contributed by atoms with E-state index in [0.29, 0.717) is 17.7 Å². The molecule has 4 rings (SSSR count). The number of carbonyl (C=O) groups excluding carboxylic acids is 1. The molecule has 27 heavy (non-hydrogen) atoms. The van der Waals surface area contributed by atoms with Crippen molar-refractivity contribution in [2.75, 3.05) is 19.6 Å². The SMILES string of the molecule is FC1(F)CN(C(=[O+]n2nnc3cccnc32)N2CCCC2)C(F)(F)C1(F)F. The van der Waals surface area contributed by atoms with Crippen molar-refractivity contribution in [2.45, 2.75) is 30.7 Å². The van der Waals surface area contributed by atoms with Crippen LogP contribution in [-0.2, 0) is 0 Å². The van der Waals surface area contributed by atoms with Crippen LogP contribution in [0.1, 0.15) is 12.8 Å². The molecule has 2 saturated heterocycles. The number of rotatable bonds is 1. The lowest BCUT2D eigenvalue weighted by molar-refractivity contribution is -0.299. The number of halogens is 6. The average Bonchev–Trinajstić information content (AvgIpc) is 3.29. The summed E-state index contributed by atoms with van der Waals surface area (Å²) in [6, 6.07) is -2.94. The van der Waals surface area contributed by atoms with Gasteiger partial charge in [-0.05, 0) is 29.5 Å². The smallest absolute Gasteiger partial charge is 0.272 e. The van der Waals surface area contributed by atoms with Gasteiger partial charge in [0.1, 0.15) is 12.1 Å². The number of hydrogen-bond acceptors (Lipinski definition) is 3. The average molecular weight is 395 g/mol. The zero-order valence-electron chi connectivity index (χ0n) is 13.6. The van der Waals surface area contributed by atoms with E-state index in [4.69, 9.17) is 4.53 Å². The summed E-state index contributed by atoms with van der Waals surface area (Å²) in [5, 5.41) is 7.30. The Morgan fingerprint density at radius 3 is 2.41 bits per heavy atom. The second-order valence-corrected chi connectivity index (χ2v) is 6.28. The number of hydrogen-bond donors (Lipinski definition) is 0. The van der Waals surface area contributed by atoms with Gasteiger partial charge in [0.15, 0.2) is 4.85 Å². The van der Waals surface area contributed by atoms with E-state index in [-0.39, 0.29) is 24.3 Å². The maximum absolute atomic E-state index is 14.2. The minimum atomic E-state index is -5.56. The van der Waals surface area contributed by atoms with Crippen LogP contribution in [0.15, 0.2) is 18.3 Å². The summed E-state index contributed by atoms with van der Waals surface area (Å²) in [6.45, 7) is -1.54. The van der Waals surface area contributed by atoms with Gasteiger partial charge in [0.25, 0.3) is 5.65 Å². The second-order valence-electron chi connectivity index (χ2n) is 6.28. The van der Waals surface area contributed by atoms with E-state index < -0.39 is 35.4 Å². The predicted molar refractivity (Wildman–Crippen MR) is 78.5 cm³/mol. The quantitative estimate of drug-likeness (QED) is 0.424. The molecule has 2 aromatic rings. The van der Waals surface area contributed by atoms with Crippen LogP contribution in [-0.4, -0.2) is 73.5 Å². The Bertz CT molecular complexity index is 893. The Hall–Kier alpha value is -2.60. The maximum atomic E-state index is 14.2. The molecule has 146 valence electrons. The standard InChI is InChI=1S/C14H13F6N6O/c15-12(16)8-25(14(19,20)13(12,17)18)11(24-6-1-2-7-24)27-26-10-9(22-23-26)4-3-5-21-10/h3-5H,1-2,6-8H2/q+1. The highest BCUT2D eigenvalue weighted by Gasteiger charge is 2.83. The number of fused-ring (bicyclic) bond motifs is 1. The third-order valence-corrected chi connectivity index (χ3v) is 4.49. The Morgan fingerprint density at radius 1 is 1.07 bits per heavy atom. The number of aromatic nitrogens is 4. The van der Waals surface area contributed by atoms with Gasteiger partial charge >= 0.3 is 23.9 Å². The maximum Gasteiger partial charge on any atom is 0.561 e. The van der Waals surface area contributed by atoms with Crippen molar-refractivity contribution < 1.29 is 30.9 Å². The van der Waals surface area contributed by atoms with Gasteiger partial charge in [0, 0.05) is 24.5 Å². The molecule has 2 aromatic heterocycles. The van der Waals surface area contributed by atoms with Crippen LogP contribution >= 0.6 is 0 Å². The van der Waals surface area contributed by atoms with Crippen molar-refractivity contribution in [1.82, 2.24) is 29.9 Å². The van der Waals surface area contributed by atoms with Crippen molar-refractivity contribution in [3.8, 4) is 0 Å². The molecule has 0 saturated carbocycles. The molecule has 2 aliphatic heterocycles. The third-order valence-electron chi connectivity index (χ3n) is 4.49. The summed E-state index contributed by atoms with van der Waals surface area (Å²) >= 11 is 0. The minimum Gasteiger partial charge on any atom is -0.272 e. The largest absolute Gasteiger partial charge is 0.561 e. The van der Waals surface area contributed by atoms with Gasteiger partial charge in [-0.1, -0.05) is 0 Å². The highest BCUT2D eigenvalue weighted by atomic mass is 19.3. The minimum absolute atomic E-state index is 0.0234. The first-order chi connectivity index (χ1) is 12.6. The zero-order chi connectivity index (χ0) is 19.4. The van der Waals surface area contributed by atoms with E-state index in [1.54, 1.807) is 6.07 Å². The van der Waals surface area contributed by atoms with Crippen molar-refractivity contribution in [1.29, 1.82) is 0 Å². The number of nitrogens with zero attached hydrogens (tertiary/aromatic N) is 6. The molecule has 0 radical (unpaired) electrons. The number of amides is 2. The molecule has 2 fully saturated rings. The van der Waals surface area contributed by atoms with E-state index in [0.717, 1.165) is 0 Å². The Kier molecular flexibility index (Phi) is 3.75. The molecule has 0 N–H and O–H groups in total. The fourth-order valence-electron chi connectivity index (χ4n) is 3.04. The molecule has 13 heteroatoms. The summed E-state index contributed by atoms with van der Waals surface area (Å²) < 4.78 is 88.3. The van der Waals surface area contributed by atoms with Gasteiger partial charge in [-0.2, -0.15) is 26.3 Å². The summed E-state index contributed by atoms with van der Waals surface area (Å²) in [5.41, 5.74) is 0.275. The monoisotopic (exact) mass is 395 g/mol. The van der Waals surface area contributed by atoms with Crippen LogP contribution in [0.4, 0.5) is 30.9 Å². The first-order valence-electron chi connectivity index (χ1n) is 8.03. The van der Waals surface area contributed by atoms with Gasteiger partial charge in [-0.25, -0.2) is 9.88 Å². The first kappa shape index (κ1) is 17.8. The molecule has 0 aliphatic carbocycles. The second kappa shape index (κ2) is 5.70. The molecule has 7 nitrogen and oxygen atoms in total. The number of urea groups is 1. The molecule has 0 unspecified atom stereocenters. The Morgan fingerprint density at radius 2 is 1.78 bits per heavy atom. The lowest BCUT2D eigenvalue weighted by Gasteiger charge is -2.25. The third kappa shape index (κ3) is 2.51. The van der Waals surface area contributed by atoms with Crippen molar-refractivity contribution in [2.24, 2.45) is 0 Å². The van der Waals surface area contributed by atoms with Gasteiger partial charge in [-0.3, -0.25) is 4.90 Å². The van der Waals surface area contributed by atoms with E-state index in [2.05, 4.69) is 15.3 Å². The Balaban J connectivity index is 1.83. The molecule has 4 heterocycles. The Labute approximate surface area is 147 Å². The summed E-state index contributed by atoms with van der Waals surface area (Å²) in [4.78, 5) is 5.35. The normalized spacial score (nSPS) is 24.1. The van der Waals surface area contributed by atoms with E-state index in [1.807, 2.05) is 0 Å². The molecule has 0 aromatic carbocycles. The summed E-state index contributed by atoms with van der Waals surface area (Å²) in [7, 11) is 0. The number of likely N-dealkylation sites (tertiary alicyclic amines) is 2. The van der Waals surface area contributed by atoms with E-state index in [9.17, 15) is 26.3 Å². The van der Waals surface area contributed by atoms with Crippen molar-refractivity contribution >= 4 is 17.2 Å². The summed E-state index contributed by atoms with van der Waals surface area (Å²) in [6.07, 6.45) is 2.48. The first-order valence-corrected chi connectivity index (χ1v) is 8.03. The molecule has 0 spiro atoms. The van der Waals surface area contributed by atoms with Crippen molar-refractivity contribution in [3.63, 3.8) is 0 Å². The van der Waals surface area contributed by atoms with E-state index in [1.165, 1.54) is 17.2 Å². The fraction of sp³-hybridized carbons (Fsp3) is 0.571. The lowest BCUT2D eigenvalue weighted by atomic mass is 10.2. The lowest BCUT2D eigenvalue weighted by Crippen LogP contribution is -2.54. The van der Waals surface area contributed by atoms with Gasteiger partial charge in [-0.15, -0.1) is 5.10 Å². The number of alkyl halides is 6. The van der Waals surface area contributed by atoms with Crippen LogP contribution in [0.5, 0.6) is 0 Å². The highest BCUT2D eigenvalue weighted by Crippen LogP contribution is 2.54. The van der Waals surface area contributed by atoms with Gasteiger partial charge < -0.3 is 0 Å².